The second-order valence-corrected chi connectivity index (χ2v) is 9.55. The fraction of sp³-hybridized carbons (Fsp3) is 0.381. The van der Waals surface area contributed by atoms with E-state index in [1.165, 1.54) is 12.1 Å². The van der Waals surface area contributed by atoms with Gasteiger partial charge in [0.15, 0.2) is 0 Å². The molecular weight excluding hydrogens is 429 g/mol. The van der Waals surface area contributed by atoms with Gasteiger partial charge in [0.05, 0.1) is 11.9 Å². The molecule has 0 aliphatic carbocycles. The van der Waals surface area contributed by atoms with Crippen LogP contribution in [0.15, 0.2) is 48.5 Å². The Balaban J connectivity index is 1.77. The van der Waals surface area contributed by atoms with E-state index < -0.39 is 16.1 Å². The minimum atomic E-state index is -3.71. The fourth-order valence-electron chi connectivity index (χ4n) is 3.70. The molecule has 1 fully saturated rings. The molecule has 162 valence electrons. The van der Waals surface area contributed by atoms with Crippen molar-refractivity contribution >= 4 is 38.9 Å². The maximum Gasteiger partial charge on any atom is 0.246 e. The number of anilines is 2. The van der Waals surface area contributed by atoms with Gasteiger partial charge in [0, 0.05) is 36.9 Å². The van der Waals surface area contributed by atoms with E-state index in [4.69, 9.17) is 11.6 Å². The molecule has 6 nitrogen and oxygen atoms in total. The molecule has 1 saturated heterocycles. The molecule has 0 aromatic heterocycles. The summed E-state index contributed by atoms with van der Waals surface area (Å²) in [4.78, 5) is 17.1. The van der Waals surface area contributed by atoms with E-state index in [-0.39, 0.29) is 11.7 Å². The molecule has 30 heavy (non-hydrogen) atoms. The molecule has 0 radical (unpaired) electrons. The zero-order chi connectivity index (χ0) is 21.9. The first-order valence-corrected chi connectivity index (χ1v) is 12.0. The minimum Gasteiger partial charge on any atom is -0.368 e. The third-order valence-corrected chi connectivity index (χ3v) is 6.57. The van der Waals surface area contributed by atoms with Crippen molar-refractivity contribution < 1.29 is 17.6 Å². The number of hydrogen-bond donors (Lipinski definition) is 0. The van der Waals surface area contributed by atoms with Gasteiger partial charge < -0.3 is 9.80 Å². The second kappa shape index (κ2) is 9.22. The van der Waals surface area contributed by atoms with Gasteiger partial charge in [-0.1, -0.05) is 24.6 Å². The van der Waals surface area contributed by atoms with Crippen LogP contribution in [0.25, 0.3) is 0 Å². The molecule has 1 aliphatic rings. The molecular formula is C21H25ClFN3O3S. The smallest absolute Gasteiger partial charge is 0.246 e. The summed E-state index contributed by atoms with van der Waals surface area (Å²) in [6.07, 6.45) is 1.42. The highest BCUT2D eigenvalue weighted by Gasteiger charge is 2.35. The average Bonchev–Trinajstić information content (AvgIpc) is 2.71. The Bertz CT molecular complexity index is 993. The van der Waals surface area contributed by atoms with Gasteiger partial charge in [0.1, 0.15) is 11.9 Å². The van der Waals surface area contributed by atoms with Crippen LogP contribution in [-0.2, 0) is 14.8 Å². The highest BCUT2D eigenvalue weighted by atomic mass is 35.5. The molecule has 0 bridgehead atoms. The van der Waals surface area contributed by atoms with Gasteiger partial charge in [-0.15, -0.1) is 0 Å². The van der Waals surface area contributed by atoms with E-state index in [2.05, 4.69) is 4.90 Å². The van der Waals surface area contributed by atoms with Crippen LogP contribution in [-0.4, -0.2) is 57.7 Å². The zero-order valence-electron chi connectivity index (χ0n) is 17.0. The Morgan fingerprint density at radius 3 is 2.30 bits per heavy atom. The Morgan fingerprint density at radius 1 is 1.13 bits per heavy atom. The largest absolute Gasteiger partial charge is 0.368 e. The van der Waals surface area contributed by atoms with E-state index in [0.29, 0.717) is 43.3 Å². The van der Waals surface area contributed by atoms with Gasteiger partial charge in [-0.05, 0) is 48.9 Å². The van der Waals surface area contributed by atoms with E-state index in [9.17, 15) is 17.6 Å². The summed E-state index contributed by atoms with van der Waals surface area (Å²) in [5, 5.41) is 0.399. The van der Waals surface area contributed by atoms with Crippen LogP contribution in [0.4, 0.5) is 15.8 Å². The van der Waals surface area contributed by atoms with Crippen molar-refractivity contribution in [3.05, 3.63) is 59.4 Å². The summed E-state index contributed by atoms with van der Waals surface area (Å²) in [5.41, 5.74) is 1.27. The van der Waals surface area contributed by atoms with Gasteiger partial charge in [-0.3, -0.25) is 9.10 Å². The molecule has 0 saturated carbocycles. The van der Waals surface area contributed by atoms with Crippen LogP contribution in [0.1, 0.15) is 13.3 Å². The number of nitrogens with zero attached hydrogens (tertiary/aromatic N) is 3. The van der Waals surface area contributed by atoms with Crippen molar-refractivity contribution in [2.45, 2.75) is 19.4 Å². The van der Waals surface area contributed by atoms with E-state index in [0.717, 1.165) is 16.2 Å². The lowest BCUT2D eigenvalue weighted by molar-refractivity contribution is -0.132. The summed E-state index contributed by atoms with van der Waals surface area (Å²) >= 11 is 6.05. The summed E-state index contributed by atoms with van der Waals surface area (Å²) < 4.78 is 39.5. The normalized spacial score (nSPS) is 15.7. The number of piperazine rings is 1. The Kier molecular flexibility index (Phi) is 6.88. The lowest BCUT2D eigenvalue weighted by atomic mass is 10.1. The Labute approximate surface area is 181 Å². The lowest BCUT2D eigenvalue weighted by Gasteiger charge is -2.39. The molecule has 1 heterocycles. The summed E-state index contributed by atoms with van der Waals surface area (Å²) in [5.74, 6) is -0.526. The van der Waals surface area contributed by atoms with E-state index in [1.807, 2.05) is 0 Å². The number of halogens is 2. The molecule has 1 amide bonds. The van der Waals surface area contributed by atoms with E-state index in [1.54, 1.807) is 48.2 Å². The van der Waals surface area contributed by atoms with Gasteiger partial charge in [0.2, 0.25) is 15.9 Å². The standard InChI is InChI=1S/C21H25ClFN3O3S/c1-3-20(26(30(2,28)29)19-6-4-5-16(22)15-19)21(27)25-13-11-24(12-14-25)18-9-7-17(23)8-10-18/h4-10,15,20H,3,11-14H2,1-2H3/t20-/m0/s1. The number of carbonyl (C=O) groups is 1. The van der Waals surface area contributed by atoms with Gasteiger partial charge in [0.25, 0.3) is 0 Å². The maximum absolute atomic E-state index is 13.3. The summed E-state index contributed by atoms with van der Waals surface area (Å²) in [6.45, 7) is 3.88. The van der Waals surface area contributed by atoms with Crippen LogP contribution in [0, 0.1) is 5.82 Å². The molecule has 0 unspecified atom stereocenters. The predicted molar refractivity (Wildman–Crippen MR) is 118 cm³/mol. The lowest BCUT2D eigenvalue weighted by Crippen LogP contribution is -2.56. The van der Waals surface area contributed by atoms with Crippen LogP contribution in [0.2, 0.25) is 5.02 Å². The van der Waals surface area contributed by atoms with Gasteiger partial charge in [-0.25, -0.2) is 12.8 Å². The number of sulfonamides is 1. The third kappa shape index (κ3) is 5.05. The van der Waals surface area contributed by atoms with Crippen molar-refractivity contribution in [1.29, 1.82) is 0 Å². The minimum absolute atomic E-state index is 0.235. The van der Waals surface area contributed by atoms with E-state index >= 15 is 0 Å². The van der Waals surface area contributed by atoms with Crippen molar-refractivity contribution in [3.8, 4) is 0 Å². The summed E-state index contributed by atoms with van der Waals surface area (Å²) in [7, 11) is -3.71. The molecule has 0 N–H and O–H groups in total. The molecule has 1 aliphatic heterocycles. The average molecular weight is 454 g/mol. The van der Waals surface area contributed by atoms with Crippen molar-refractivity contribution in [2.24, 2.45) is 0 Å². The molecule has 3 rings (SSSR count). The maximum atomic E-state index is 13.3. The molecule has 0 spiro atoms. The van der Waals surface area contributed by atoms with Crippen LogP contribution in [0.3, 0.4) is 0 Å². The highest BCUT2D eigenvalue weighted by Crippen LogP contribution is 2.27. The quantitative estimate of drug-likeness (QED) is 0.672. The summed E-state index contributed by atoms with van der Waals surface area (Å²) in [6, 6.07) is 11.9. The number of carbonyl (C=O) groups excluding carboxylic acids is 1. The Hall–Kier alpha value is -2.32. The van der Waals surface area contributed by atoms with Crippen LogP contribution < -0.4 is 9.21 Å². The van der Waals surface area contributed by atoms with Crippen LogP contribution >= 0.6 is 11.6 Å². The van der Waals surface area contributed by atoms with Crippen molar-refractivity contribution in [2.75, 3.05) is 41.6 Å². The second-order valence-electron chi connectivity index (χ2n) is 7.25. The van der Waals surface area contributed by atoms with Crippen molar-refractivity contribution in [3.63, 3.8) is 0 Å². The first-order chi connectivity index (χ1) is 14.2. The molecule has 9 heteroatoms. The highest BCUT2D eigenvalue weighted by molar-refractivity contribution is 7.92. The van der Waals surface area contributed by atoms with Gasteiger partial charge in [-0.2, -0.15) is 0 Å². The number of benzene rings is 2. The molecule has 1 atom stereocenters. The Morgan fingerprint density at radius 2 is 1.77 bits per heavy atom. The number of hydrogen-bond acceptors (Lipinski definition) is 4. The molecule has 2 aromatic carbocycles. The number of rotatable bonds is 6. The first-order valence-electron chi connectivity index (χ1n) is 9.75. The monoisotopic (exact) mass is 453 g/mol. The zero-order valence-corrected chi connectivity index (χ0v) is 18.5. The van der Waals surface area contributed by atoms with Crippen LogP contribution in [0.5, 0.6) is 0 Å². The third-order valence-electron chi connectivity index (χ3n) is 5.16. The SMILES string of the molecule is CC[C@@H](C(=O)N1CCN(c2ccc(F)cc2)CC1)N(c1cccc(Cl)c1)S(C)(=O)=O. The van der Waals surface area contributed by atoms with Crippen molar-refractivity contribution in [1.82, 2.24) is 4.90 Å². The molecule has 2 aromatic rings. The fourth-order valence-corrected chi connectivity index (χ4v) is 5.09. The first kappa shape index (κ1) is 22.4. The number of amides is 1. The topological polar surface area (TPSA) is 60.9 Å². The van der Waals surface area contributed by atoms with Gasteiger partial charge >= 0.3 is 0 Å². The predicted octanol–water partition coefficient (Wildman–Crippen LogP) is 3.37.